The molecule has 0 saturated heterocycles. The molecule has 0 aromatic carbocycles. The molecule has 0 radical (unpaired) electrons. The Hall–Kier alpha value is -0.640. The highest BCUT2D eigenvalue weighted by Crippen LogP contribution is 2.16. The Morgan fingerprint density at radius 1 is 1.20 bits per heavy atom. The monoisotopic (exact) mass is 202 g/mol. The molecule has 0 saturated carbocycles. The minimum Gasteiger partial charge on any atom is -0.492 e. The van der Waals surface area contributed by atoms with Crippen LogP contribution in [0.1, 0.15) is 11.4 Å². The second-order valence-electron chi connectivity index (χ2n) is 2.01. The van der Waals surface area contributed by atoms with Gasteiger partial charge in [0.05, 0.1) is 5.69 Å². The molecule has 0 fully saturated rings. The number of aromatic nitrogens is 2. The highest BCUT2D eigenvalue weighted by atomic mass is 79.9. The van der Waals surface area contributed by atoms with Crippen molar-refractivity contribution in [3.63, 3.8) is 0 Å². The third-order valence-electron chi connectivity index (χ3n) is 1.16. The lowest BCUT2D eigenvalue weighted by Gasteiger charge is -1.99. The molecule has 54 valence electrons. The highest BCUT2D eigenvalue weighted by Gasteiger charge is 2.02. The van der Waals surface area contributed by atoms with Crippen LogP contribution in [0.4, 0.5) is 0 Å². The summed E-state index contributed by atoms with van der Waals surface area (Å²) in [4.78, 5) is 7.80. The van der Waals surface area contributed by atoms with Crippen LogP contribution in [0.5, 0.6) is 5.88 Å². The molecular weight excluding hydrogens is 196 g/mol. The molecule has 0 amide bonds. The Balaban J connectivity index is 3.28. The van der Waals surface area contributed by atoms with E-state index in [-0.39, 0.29) is 5.88 Å². The second-order valence-corrected chi connectivity index (χ2v) is 2.76. The molecule has 4 heteroatoms. The van der Waals surface area contributed by atoms with Crippen molar-refractivity contribution < 1.29 is 5.11 Å². The highest BCUT2D eigenvalue weighted by molar-refractivity contribution is 9.10. The third kappa shape index (κ3) is 1.26. The van der Waals surface area contributed by atoms with Gasteiger partial charge in [-0.15, -0.1) is 0 Å². The molecule has 3 nitrogen and oxygen atoms in total. The second kappa shape index (κ2) is 2.54. The summed E-state index contributed by atoms with van der Waals surface area (Å²) in [7, 11) is 0. The van der Waals surface area contributed by atoms with Gasteiger partial charge in [-0.2, -0.15) is 0 Å². The average Bonchev–Trinajstić information content (AvgIpc) is 1.84. The van der Waals surface area contributed by atoms with Crippen molar-refractivity contribution >= 4 is 15.9 Å². The molecule has 1 rings (SSSR count). The van der Waals surface area contributed by atoms with Crippen molar-refractivity contribution in [1.82, 2.24) is 9.97 Å². The van der Waals surface area contributed by atoms with Crippen LogP contribution in [-0.2, 0) is 0 Å². The summed E-state index contributed by atoms with van der Waals surface area (Å²) in [5.74, 6) is 0.000648. The maximum Gasteiger partial charge on any atom is 0.233 e. The Morgan fingerprint density at radius 2 is 1.80 bits per heavy atom. The van der Waals surface area contributed by atoms with Crippen molar-refractivity contribution in [3.8, 4) is 5.88 Å². The minimum atomic E-state index is 0.000648. The number of aryl methyl sites for hydroxylation is 2. The average molecular weight is 203 g/mol. The van der Waals surface area contributed by atoms with Crippen molar-refractivity contribution in [3.05, 3.63) is 16.0 Å². The number of rotatable bonds is 0. The standard InChI is InChI=1S/C6H7BrN2O/c1-3-5(7)8-4(2)6(10)9-3/h1-2H3,(H,9,10). The van der Waals surface area contributed by atoms with Crippen molar-refractivity contribution in [1.29, 1.82) is 0 Å². The van der Waals surface area contributed by atoms with Gasteiger partial charge >= 0.3 is 0 Å². The molecule has 0 aliphatic heterocycles. The molecule has 0 atom stereocenters. The Bertz CT molecular complexity index is 212. The number of hydrogen-bond donors (Lipinski definition) is 1. The van der Waals surface area contributed by atoms with E-state index in [2.05, 4.69) is 25.9 Å². The van der Waals surface area contributed by atoms with Crippen molar-refractivity contribution in [2.24, 2.45) is 0 Å². The van der Waals surface area contributed by atoms with E-state index >= 15 is 0 Å². The number of hydrogen-bond acceptors (Lipinski definition) is 3. The zero-order valence-electron chi connectivity index (χ0n) is 5.72. The number of aromatic hydroxyl groups is 1. The summed E-state index contributed by atoms with van der Waals surface area (Å²) >= 11 is 3.20. The first-order chi connectivity index (χ1) is 4.61. The van der Waals surface area contributed by atoms with Gasteiger partial charge in [0.1, 0.15) is 10.3 Å². The van der Waals surface area contributed by atoms with Crippen molar-refractivity contribution in [2.75, 3.05) is 0 Å². The molecule has 1 aromatic rings. The Morgan fingerprint density at radius 3 is 2.30 bits per heavy atom. The van der Waals surface area contributed by atoms with Crippen molar-refractivity contribution in [2.45, 2.75) is 13.8 Å². The van der Waals surface area contributed by atoms with Gasteiger partial charge in [0.15, 0.2) is 0 Å². The van der Waals surface area contributed by atoms with Gasteiger partial charge in [0.25, 0.3) is 0 Å². The number of halogens is 1. The topological polar surface area (TPSA) is 46.0 Å². The largest absolute Gasteiger partial charge is 0.492 e. The van der Waals surface area contributed by atoms with Gasteiger partial charge in [-0.3, -0.25) is 0 Å². The predicted octanol–water partition coefficient (Wildman–Crippen LogP) is 1.56. The summed E-state index contributed by atoms with van der Waals surface area (Å²) in [5.41, 5.74) is 1.24. The van der Waals surface area contributed by atoms with Gasteiger partial charge < -0.3 is 5.11 Å². The molecule has 0 spiro atoms. The first-order valence-corrected chi connectivity index (χ1v) is 3.60. The first kappa shape index (κ1) is 7.47. The maximum atomic E-state index is 9.03. The first-order valence-electron chi connectivity index (χ1n) is 2.81. The van der Waals surface area contributed by atoms with Gasteiger partial charge in [0, 0.05) is 0 Å². The van der Waals surface area contributed by atoms with E-state index in [4.69, 9.17) is 5.11 Å². The molecule has 0 aliphatic carbocycles. The summed E-state index contributed by atoms with van der Waals surface area (Å²) in [5, 5.41) is 9.03. The van der Waals surface area contributed by atoms with E-state index in [1.54, 1.807) is 13.8 Å². The summed E-state index contributed by atoms with van der Waals surface area (Å²) in [6.07, 6.45) is 0. The van der Waals surface area contributed by atoms with Crippen LogP contribution >= 0.6 is 15.9 Å². The van der Waals surface area contributed by atoms with E-state index in [1.807, 2.05) is 0 Å². The lowest BCUT2D eigenvalue weighted by atomic mass is 10.4. The molecule has 10 heavy (non-hydrogen) atoms. The fourth-order valence-electron chi connectivity index (χ4n) is 0.564. The quantitative estimate of drug-likeness (QED) is 0.695. The third-order valence-corrected chi connectivity index (χ3v) is 1.91. The molecular formula is C6H7BrN2O. The van der Waals surface area contributed by atoms with E-state index in [0.717, 1.165) is 0 Å². The lowest BCUT2D eigenvalue weighted by Crippen LogP contribution is -1.91. The van der Waals surface area contributed by atoms with Gasteiger partial charge in [-0.25, -0.2) is 9.97 Å². The lowest BCUT2D eigenvalue weighted by molar-refractivity contribution is 0.443. The van der Waals surface area contributed by atoms with E-state index in [9.17, 15) is 0 Å². The zero-order valence-corrected chi connectivity index (χ0v) is 7.31. The van der Waals surface area contributed by atoms with Gasteiger partial charge in [-0.05, 0) is 29.8 Å². The summed E-state index contributed by atoms with van der Waals surface area (Å²) < 4.78 is 0.683. The van der Waals surface area contributed by atoms with Crippen LogP contribution in [0.15, 0.2) is 4.60 Å². The fraction of sp³-hybridized carbons (Fsp3) is 0.333. The van der Waals surface area contributed by atoms with Crippen LogP contribution in [0.2, 0.25) is 0 Å². The van der Waals surface area contributed by atoms with E-state index in [1.165, 1.54) is 0 Å². The minimum absolute atomic E-state index is 0.000648. The Labute approximate surface area is 67.3 Å². The van der Waals surface area contributed by atoms with Crippen LogP contribution in [-0.4, -0.2) is 15.1 Å². The zero-order chi connectivity index (χ0) is 7.72. The molecule has 1 aromatic heterocycles. The van der Waals surface area contributed by atoms with Crippen LogP contribution in [0, 0.1) is 13.8 Å². The van der Waals surface area contributed by atoms with Crippen LogP contribution < -0.4 is 0 Å². The molecule has 1 heterocycles. The van der Waals surface area contributed by atoms with Gasteiger partial charge in [0.2, 0.25) is 5.88 Å². The number of nitrogens with zero attached hydrogens (tertiary/aromatic N) is 2. The van der Waals surface area contributed by atoms with Crippen LogP contribution in [0.25, 0.3) is 0 Å². The molecule has 0 unspecified atom stereocenters. The summed E-state index contributed by atoms with van der Waals surface area (Å²) in [6, 6.07) is 0. The molecule has 0 aliphatic rings. The summed E-state index contributed by atoms with van der Waals surface area (Å²) in [6.45, 7) is 3.47. The van der Waals surface area contributed by atoms with Gasteiger partial charge in [-0.1, -0.05) is 0 Å². The smallest absolute Gasteiger partial charge is 0.233 e. The molecule has 0 bridgehead atoms. The van der Waals surface area contributed by atoms with E-state index < -0.39 is 0 Å². The fourth-order valence-corrected chi connectivity index (χ4v) is 0.919. The predicted molar refractivity (Wildman–Crippen MR) is 40.9 cm³/mol. The normalized spacial score (nSPS) is 9.90. The SMILES string of the molecule is Cc1nc(Br)c(C)nc1O. The molecule has 1 N–H and O–H groups in total. The Kier molecular flexibility index (Phi) is 1.89. The maximum absolute atomic E-state index is 9.03. The van der Waals surface area contributed by atoms with E-state index in [0.29, 0.717) is 16.0 Å². The van der Waals surface area contributed by atoms with Crippen LogP contribution in [0.3, 0.4) is 0 Å².